The summed E-state index contributed by atoms with van der Waals surface area (Å²) in [5.74, 6) is 0.903. The minimum absolute atomic E-state index is 0.375. The van der Waals surface area contributed by atoms with Crippen molar-refractivity contribution in [1.82, 2.24) is 0 Å². The average Bonchev–Trinajstić information content (AvgIpc) is 2.56. The second kappa shape index (κ2) is 9.09. The number of hydrogen-bond acceptors (Lipinski definition) is 0. The predicted molar refractivity (Wildman–Crippen MR) is 106 cm³/mol. The summed E-state index contributed by atoms with van der Waals surface area (Å²) in [5, 5.41) is 0. The van der Waals surface area contributed by atoms with Crippen molar-refractivity contribution in [2.45, 2.75) is 106 Å². The van der Waals surface area contributed by atoms with Crippen molar-refractivity contribution in [3.8, 4) is 0 Å². The molecule has 0 aliphatic heterocycles. The Bertz CT molecular complexity index is 404. The molecule has 0 nitrogen and oxygen atoms in total. The summed E-state index contributed by atoms with van der Waals surface area (Å²) in [7, 11) is 0. The van der Waals surface area contributed by atoms with E-state index in [1.807, 2.05) is 13.8 Å². The Balaban J connectivity index is 0.00000127. The van der Waals surface area contributed by atoms with Gasteiger partial charge < -0.3 is 0 Å². The Hall–Kier alpha value is -0.520. The normalized spacial score (nSPS) is 25.0. The van der Waals surface area contributed by atoms with Crippen LogP contribution in [0.4, 0.5) is 0 Å². The second-order valence-corrected chi connectivity index (χ2v) is 8.46. The molecule has 0 spiro atoms. The molecule has 0 amide bonds. The monoisotopic (exact) mass is 318 g/mol. The van der Waals surface area contributed by atoms with Crippen LogP contribution in [0.15, 0.2) is 23.3 Å². The van der Waals surface area contributed by atoms with Crippen molar-refractivity contribution in [2.24, 2.45) is 16.7 Å². The summed E-state index contributed by atoms with van der Waals surface area (Å²) >= 11 is 0. The summed E-state index contributed by atoms with van der Waals surface area (Å²) in [4.78, 5) is 0. The van der Waals surface area contributed by atoms with Gasteiger partial charge in [0.15, 0.2) is 0 Å². The Morgan fingerprint density at radius 2 is 1.70 bits per heavy atom. The summed E-state index contributed by atoms with van der Waals surface area (Å²) in [6.45, 7) is 16.1. The van der Waals surface area contributed by atoms with Crippen LogP contribution in [-0.4, -0.2) is 0 Å². The number of allylic oxidation sites excluding steroid dienone is 4. The van der Waals surface area contributed by atoms with Gasteiger partial charge in [-0.05, 0) is 67.8 Å². The molecule has 0 aromatic carbocycles. The van der Waals surface area contributed by atoms with E-state index in [9.17, 15) is 0 Å². The molecule has 23 heavy (non-hydrogen) atoms. The number of hydrogen-bond donors (Lipinski definition) is 0. The van der Waals surface area contributed by atoms with E-state index in [0.717, 1.165) is 5.92 Å². The van der Waals surface area contributed by atoms with Gasteiger partial charge in [-0.25, -0.2) is 0 Å². The van der Waals surface area contributed by atoms with Gasteiger partial charge in [0.05, 0.1) is 0 Å². The first-order valence-corrected chi connectivity index (χ1v) is 10.3. The molecule has 0 radical (unpaired) electrons. The highest BCUT2D eigenvalue weighted by molar-refractivity contribution is 5.33. The van der Waals surface area contributed by atoms with Gasteiger partial charge in [0.1, 0.15) is 0 Å². The van der Waals surface area contributed by atoms with Gasteiger partial charge in [0.2, 0.25) is 0 Å². The highest BCUT2D eigenvalue weighted by Crippen LogP contribution is 2.45. The Morgan fingerprint density at radius 1 is 1.09 bits per heavy atom. The SMILES string of the molecule is CC.CCC(C)(/C=C/C1=C(C)CCCC1(C)C)C1CCCCC1. The average molecular weight is 319 g/mol. The minimum atomic E-state index is 0.375. The van der Waals surface area contributed by atoms with Gasteiger partial charge in [-0.2, -0.15) is 0 Å². The molecule has 1 fully saturated rings. The molecule has 2 aliphatic rings. The first-order chi connectivity index (χ1) is 10.9. The lowest BCUT2D eigenvalue weighted by molar-refractivity contribution is 0.184. The molecule has 2 rings (SSSR count). The molecular formula is C23H42. The molecule has 0 aromatic rings. The summed E-state index contributed by atoms with van der Waals surface area (Å²) in [5.41, 5.74) is 4.04. The van der Waals surface area contributed by atoms with E-state index < -0.39 is 0 Å². The van der Waals surface area contributed by atoms with E-state index in [4.69, 9.17) is 0 Å². The molecule has 0 N–H and O–H groups in total. The molecule has 1 unspecified atom stereocenters. The van der Waals surface area contributed by atoms with Crippen LogP contribution in [0, 0.1) is 16.7 Å². The quantitative estimate of drug-likeness (QED) is 0.491. The molecule has 1 atom stereocenters. The molecule has 0 saturated heterocycles. The highest BCUT2D eigenvalue weighted by Gasteiger charge is 2.32. The zero-order valence-corrected chi connectivity index (χ0v) is 17.1. The molecule has 0 aromatic heterocycles. The molecular weight excluding hydrogens is 276 g/mol. The first-order valence-electron chi connectivity index (χ1n) is 10.3. The van der Waals surface area contributed by atoms with Crippen LogP contribution in [0.5, 0.6) is 0 Å². The van der Waals surface area contributed by atoms with Crippen molar-refractivity contribution in [2.75, 3.05) is 0 Å². The van der Waals surface area contributed by atoms with Gasteiger partial charge in [-0.3, -0.25) is 0 Å². The van der Waals surface area contributed by atoms with Gasteiger partial charge >= 0.3 is 0 Å². The van der Waals surface area contributed by atoms with Crippen LogP contribution in [-0.2, 0) is 0 Å². The van der Waals surface area contributed by atoms with Crippen LogP contribution in [0.25, 0.3) is 0 Å². The first kappa shape index (κ1) is 20.5. The van der Waals surface area contributed by atoms with E-state index >= 15 is 0 Å². The Labute approximate surface area is 146 Å². The lowest BCUT2D eigenvalue weighted by Gasteiger charge is -2.38. The zero-order chi connectivity index (χ0) is 17.5. The van der Waals surface area contributed by atoms with E-state index in [2.05, 4.69) is 46.8 Å². The fourth-order valence-electron chi connectivity index (χ4n) is 4.59. The summed E-state index contributed by atoms with van der Waals surface area (Å²) in [6.07, 6.45) is 17.6. The van der Waals surface area contributed by atoms with E-state index in [1.54, 1.807) is 11.1 Å². The fraction of sp³-hybridized carbons (Fsp3) is 0.826. The fourth-order valence-corrected chi connectivity index (χ4v) is 4.59. The second-order valence-electron chi connectivity index (χ2n) is 8.46. The van der Waals surface area contributed by atoms with Crippen LogP contribution < -0.4 is 0 Å². The lowest BCUT2D eigenvalue weighted by atomic mass is 9.67. The predicted octanol–water partition coefficient (Wildman–Crippen LogP) is 8.09. The molecule has 0 heteroatoms. The standard InChI is InChI=1S/C21H36.C2H6/c1-6-21(5,18-12-8-7-9-13-18)16-14-19-17(2)11-10-15-20(19,3)4;1-2/h14,16,18H,6-13,15H2,1-5H3;1-2H3/b16-14+;. The molecule has 2 aliphatic carbocycles. The molecule has 0 bridgehead atoms. The van der Waals surface area contributed by atoms with Crippen LogP contribution >= 0.6 is 0 Å². The third kappa shape index (κ3) is 5.23. The van der Waals surface area contributed by atoms with Crippen LogP contribution in [0.3, 0.4) is 0 Å². The maximum absolute atomic E-state index is 2.59. The maximum atomic E-state index is 2.59. The van der Waals surface area contributed by atoms with Gasteiger partial charge in [0.25, 0.3) is 0 Å². The third-order valence-electron chi connectivity index (χ3n) is 6.47. The van der Waals surface area contributed by atoms with E-state index in [0.29, 0.717) is 10.8 Å². The van der Waals surface area contributed by atoms with Crippen molar-refractivity contribution in [1.29, 1.82) is 0 Å². The third-order valence-corrected chi connectivity index (χ3v) is 6.47. The molecule has 1 saturated carbocycles. The largest absolute Gasteiger partial charge is 0.0780 e. The smallest absolute Gasteiger partial charge is 0.0104 e. The Morgan fingerprint density at radius 3 is 2.22 bits per heavy atom. The summed E-state index contributed by atoms with van der Waals surface area (Å²) < 4.78 is 0. The van der Waals surface area contributed by atoms with Crippen LogP contribution in [0.1, 0.15) is 106 Å². The van der Waals surface area contributed by atoms with Gasteiger partial charge in [-0.15, -0.1) is 0 Å². The maximum Gasteiger partial charge on any atom is -0.0104 e. The lowest BCUT2D eigenvalue weighted by Crippen LogP contribution is -2.27. The van der Waals surface area contributed by atoms with Crippen molar-refractivity contribution < 1.29 is 0 Å². The van der Waals surface area contributed by atoms with Crippen molar-refractivity contribution in [3.05, 3.63) is 23.3 Å². The van der Waals surface area contributed by atoms with E-state index in [-0.39, 0.29) is 0 Å². The molecule has 134 valence electrons. The van der Waals surface area contributed by atoms with Crippen LogP contribution in [0.2, 0.25) is 0 Å². The topological polar surface area (TPSA) is 0 Å². The Kier molecular flexibility index (Phi) is 8.11. The highest BCUT2D eigenvalue weighted by atomic mass is 14.4. The van der Waals surface area contributed by atoms with Gasteiger partial charge in [0, 0.05) is 0 Å². The van der Waals surface area contributed by atoms with E-state index in [1.165, 1.54) is 57.8 Å². The zero-order valence-electron chi connectivity index (χ0n) is 17.1. The number of rotatable bonds is 4. The van der Waals surface area contributed by atoms with Crippen molar-refractivity contribution >= 4 is 0 Å². The summed E-state index contributed by atoms with van der Waals surface area (Å²) in [6, 6.07) is 0. The van der Waals surface area contributed by atoms with Crippen molar-refractivity contribution in [3.63, 3.8) is 0 Å². The van der Waals surface area contributed by atoms with Gasteiger partial charge in [-0.1, -0.05) is 78.5 Å². The molecule has 0 heterocycles. The minimum Gasteiger partial charge on any atom is -0.0780 e.